The maximum atomic E-state index is 13.1. The summed E-state index contributed by atoms with van der Waals surface area (Å²) in [7, 11) is 0. The predicted molar refractivity (Wildman–Crippen MR) is 63.0 cm³/mol. The molecule has 0 aromatic heterocycles. The van der Waals surface area contributed by atoms with Crippen LogP contribution in [-0.4, -0.2) is 0 Å². The molecule has 1 aliphatic carbocycles. The molecule has 0 aliphatic heterocycles. The summed E-state index contributed by atoms with van der Waals surface area (Å²) < 4.78 is 13.9. The zero-order chi connectivity index (χ0) is 10.8. The lowest BCUT2D eigenvalue weighted by atomic mass is 9.80. The Balaban J connectivity index is 2.06. The van der Waals surface area contributed by atoms with E-state index in [0.29, 0.717) is 0 Å². The maximum Gasteiger partial charge on any atom is 0.124 e. The Kier molecular flexibility index (Phi) is 3.42. The fraction of sp³-hybridized carbons (Fsp3) is 0.500. The first-order valence-electron chi connectivity index (χ1n) is 5.37. The standard InChI is InChI=1S/C12H15BrFN/c13-10-5-9(6-11(14)7-10)12(15)4-8-2-1-3-8/h5-8,12H,1-4,15H2. The first kappa shape index (κ1) is 11.1. The minimum absolute atomic E-state index is 0.0256. The zero-order valence-corrected chi connectivity index (χ0v) is 10.1. The van der Waals surface area contributed by atoms with Gasteiger partial charge in [0.2, 0.25) is 0 Å². The van der Waals surface area contributed by atoms with E-state index in [2.05, 4.69) is 15.9 Å². The average Bonchev–Trinajstić information content (AvgIpc) is 2.09. The third-order valence-corrected chi connectivity index (χ3v) is 3.58. The predicted octanol–water partition coefficient (Wildman–Crippen LogP) is 3.78. The number of hydrogen-bond donors (Lipinski definition) is 1. The molecule has 1 fully saturated rings. The van der Waals surface area contributed by atoms with Gasteiger partial charge in [-0.25, -0.2) is 4.39 Å². The zero-order valence-electron chi connectivity index (χ0n) is 8.55. The van der Waals surface area contributed by atoms with Gasteiger partial charge in [0.25, 0.3) is 0 Å². The molecule has 3 heteroatoms. The van der Waals surface area contributed by atoms with Gasteiger partial charge in [-0.1, -0.05) is 35.2 Å². The molecule has 82 valence electrons. The fourth-order valence-corrected chi connectivity index (χ4v) is 2.50. The van der Waals surface area contributed by atoms with E-state index in [1.165, 1.54) is 31.4 Å². The van der Waals surface area contributed by atoms with Crippen molar-refractivity contribution in [1.29, 1.82) is 0 Å². The van der Waals surface area contributed by atoms with E-state index in [0.717, 1.165) is 22.4 Å². The van der Waals surface area contributed by atoms with Crippen LogP contribution >= 0.6 is 15.9 Å². The van der Waals surface area contributed by atoms with Gasteiger partial charge in [0.05, 0.1) is 0 Å². The Morgan fingerprint density at radius 1 is 1.40 bits per heavy atom. The Morgan fingerprint density at radius 3 is 2.67 bits per heavy atom. The monoisotopic (exact) mass is 271 g/mol. The Hall–Kier alpha value is -0.410. The van der Waals surface area contributed by atoms with Gasteiger partial charge in [-0.3, -0.25) is 0 Å². The lowest BCUT2D eigenvalue weighted by Gasteiger charge is -2.28. The Morgan fingerprint density at radius 2 is 2.13 bits per heavy atom. The number of hydrogen-bond acceptors (Lipinski definition) is 1. The summed E-state index contributed by atoms with van der Waals surface area (Å²) in [4.78, 5) is 0. The molecule has 1 saturated carbocycles. The summed E-state index contributed by atoms with van der Waals surface area (Å²) >= 11 is 3.28. The molecule has 1 atom stereocenters. The summed E-state index contributed by atoms with van der Waals surface area (Å²) in [6, 6.07) is 4.88. The number of halogens is 2. The Bertz CT molecular complexity index is 329. The van der Waals surface area contributed by atoms with Crippen LogP contribution in [0.5, 0.6) is 0 Å². The fourth-order valence-electron chi connectivity index (χ4n) is 2.01. The van der Waals surface area contributed by atoms with E-state index in [9.17, 15) is 4.39 Å². The van der Waals surface area contributed by atoms with Gasteiger partial charge in [-0.05, 0) is 36.1 Å². The number of benzene rings is 1. The van der Waals surface area contributed by atoms with Crippen LogP contribution in [0.1, 0.15) is 37.3 Å². The van der Waals surface area contributed by atoms with E-state index in [1.807, 2.05) is 6.07 Å². The molecule has 1 aliphatic rings. The van der Waals surface area contributed by atoms with Crippen molar-refractivity contribution in [2.75, 3.05) is 0 Å². The number of nitrogens with two attached hydrogens (primary N) is 1. The van der Waals surface area contributed by atoms with Gasteiger partial charge in [0.1, 0.15) is 5.82 Å². The van der Waals surface area contributed by atoms with Crippen molar-refractivity contribution >= 4 is 15.9 Å². The molecule has 1 nitrogen and oxygen atoms in total. The van der Waals surface area contributed by atoms with Gasteiger partial charge in [0, 0.05) is 10.5 Å². The second kappa shape index (κ2) is 4.62. The van der Waals surface area contributed by atoms with Crippen LogP contribution in [0.15, 0.2) is 22.7 Å². The normalized spacial score (nSPS) is 18.6. The smallest absolute Gasteiger partial charge is 0.124 e. The van der Waals surface area contributed by atoms with Crippen LogP contribution in [0.25, 0.3) is 0 Å². The van der Waals surface area contributed by atoms with Gasteiger partial charge < -0.3 is 5.73 Å². The second-order valence-electron chi connectivity index (χ2n) is 4.34. The van der Waals surface area contributed by atoms with Crippen molar-refractivity contribution in [1.82, 2.24) is 0 Å². The summed E-state index contributed by atoms with van der Waals surface area (Å²) in [5, 5.41) is 0. The van der Waals surface area contributed by atoms with Crippen LogP contribution in [0.4, 0.5) is 4.39 Å². The Labute approximate surface area is 98.0 Å². The molecule has 0 spiro atoms. The highest BCUT2D eigenvalue weighted by Gasteiger charge is 2.21. The van der Waals surface area contributed by atoms with Crippen molar-refractivity contribution in [3.05, 3.63) is 34.1 Å². The van der Waals surface area contributed by atoms with Gasteiger partial charge in [0.15, 0.2) is 0 Å². The lowest BCUT2D eigenvalue weighted by Crippen LogP contribution is -2.20. The topological polar surface area (TPSA) is 26.0 Å². The molecule has 2 N–H and O–H groups in total. The molecule has 0 amide bonds. The molecule has 1 unspecified atom stereocenters. The largest absolute Gasteiger partial charge is 0.324 e. The third kappa shape index (κ3) is 2.79. The lowest BCUT2D eigenvalue weighted by molar-refractivity contribution is 0.277. The first-order valence-corrected chi connectivity index (χ1v) is 6.16. The minimum atomic E-state index is -0.219. The molecular formula is C12H15BrFN. The molecule has 1 aromatic rings. The molecule has 0 saturated heterocycles. The molecule has 0 heterocycles. The van der Waals surface area contributed by atoms with E-state index < -0.39 is 0 Å². The van der Waals surface area contributed by atoms with Crippen LogP contribution < -0.4 is 5.73 Å². The van der Waals surface area contributed by atoms with E-state index >= 15 is 0 Å². The van der Waals surface area contributed by atoms with Gasteiger partial charge in [-0.2, -0.15) is 0 Å². The van der Waals surface area contributed by atoms with Crippen molar-refractivity contribution in [3.63, 3.8) is 0 Å². The average molecular weight is 272 g/mol. The molecular weight excluding hydrogens is 257 g/mol. The van der Waals surface area contributed by atoms with Crippen molar-refractivity contribution in [3.8, 4) is 0 Å². The maximum absolute atomic E-state index is 13.1. The summed E-state index contributed by atoms with van der Waals surface area (Å²) in [6.07, 6.45) is 4.87. The summed E-state index contributed by atoms with van der Waals surface area (Å²) in [5.74, 6) is 0.533. The van der Waals surface area contributed by atoms with Crippen molar-refractivity contribution in [2.24, 2.45) is 11.7 Å². The highest BCUT2D eigenvalue weighted by molar-refractivity contribution is 9.10. The molecule has 15 heavy (non-hydrogen) atoms. The van der Waals surface area contributed by atoms with E-state index in [4.69, 9.17) is 5.73 Å². The molecule has 1 aromatic carbocycles. The van der Waals surface area contributed by atoms with Gasteiger partial charge in [-0.15, -0.1) is 0 Å². The molecule has 0 radical (unpaired) electrons. The summed E-state index contributed by atoms with van der Waals surface area (Å²) in [5.41, 5.74) is 6.95. The van der Waals surface area contributed by atoms with Crippen LogP contribution in [0.3, 0.4) is 0 Å². The molecule has 2 rings (SSSR count). The van der Waals surface area contributed by atoms with Crippen molar-refractivity contribution < 1.29 is 4.39 Å². The highest BCUT2D eigenvalue weighted by Crippen LogP contribution is 2.34. The van der Waals surface area contributed by atoms with E-state index in [1.54, 1.807) is 0 Å². The third-order valence-electron chi connectivity index (χ3n) is 3.13. The molecule has 0 bridgehead atoms. The van der Waals surface area contributed by atoms with E-state index in [-0.39, 0.29) is 11.9 Å². The number of rotatable bonds is 3. The summed E-state index contributed by atoms with van der Waals surface area (Å²) in [6.45, 7) is 0. The second-order valence-corrected chi connectivity index (χ2v) is 5.26. The van der Waals surface area contributed by atoms with Crippen LogP contribution in [0.2, 0.25) is 0 Å². The SMILES string of the molecule is NC(CC1CCC1)c1cc(F)cc(Br)c1. The minimum Gasteiger partial charge on any atom is -0.324 e. The van der Waals surface area contributed by atoms with Crippen molar-refractivity contribution in [2.45, 2.75) is 31.7 Å². The first-order chi connectivity index (χ1) is 7.15. The quantitative estimate of drug-likeness (QED) is 0.890. The van der Waals surface area contributed by atoms with Crippen LogP contribution in [0, 0.1) is 11.7 Å². The van der Waals surface area contributed by atoms with Crippen LogP contribution in [-0.2, 0) is 0 Å². The van der Waals surface area contributed by atoms with Gasteiger partial charge >= 0.3 is 0 Å². The highest BCUT2D eigenvalue weighted by atomic mass is 79.9.